The van der Waals surface area contributed by atoms with Crippen molar-refractivity contribution in [3.8, 4) is 5.75 Å². The van der Waals surface area contributed by atoms with Crippen molar-refractivity contribution in [3.63, 3.8) is 0 Å². The molecule has 0 aliphatic heterocycles. The number of thiocarbonyl (C=S) groups is 1. The van der Waals surface area contributed by atoms with E-state index in [1.165, 1.54) is 13.2 Å². The maximum atomic E-state index is 13.2. The molecule has 0 saturated heterocycles. The lowest BCUT2D eigenvalue weighted by Gasteiger charge is -2.17. The zero-order valence-electron chi connectivity index (χ0n) is 15.2. The fourth-order valence-corrected chi connectivity index (χ4v) is 3.95. The van der Waals surface area contributed by atoms with Crippen LogP contribution in [0.2, 0.25) is 5.02 Å². The molecule has 3 aromatic rings. The second kappa shape index (κ2) is 8.79. The van der Waals surface area contributed by atoms with Gasteiger partial charge in [0.2, 0.25) is 0 Å². The summed E-state index contributed by atoms with van der Waals surface area (Å²) in [5.74, 6) is -0.366. The molecule has 30 heavy (non-hydrogen) atoms. The number of fused-ring (bicyclic) bond motifs is 1. The van der Waals surface area contributed by atoms with Crippen LogP contribution < -0.4 is 15.4 Å². The Morgan fingerprint density at radius 1 is 1.17 bits per heavy atom. The first-order valence-corrected chi connectivity index (χ1v) is 9.94. The van der Waals surface area contributed by atoms with E-state index < -0.39 is 17.6 Å². The number of nitrogens with one attached hydrogen (secondary N) is 2. The second-order valence-electron chi connectivity index (χ2n) is 6.09. The van der Waals surface area contributed by atoms with E-state index in [2.05, 4.69) is 26.6 Å². The van der Waals surface area contributed by atoms with Gasteiger partial charge in [-0.25, -0.2) is 0 Å². The van der Waals surface area contributed by atoms with E-state index in [1.54, 1.807) is 6.07 Å². The first-order valence-electron chi connectivity index (χ1n) is 8.36. The van der Waals surface area contributed by atoms with Crippen LogP contribution in [-0.2, 0) is 6.18 Å². The maximum Gasteiger partial charge on any atom is 0.418 e. The number of ether oxygens (including phenoxy) is 1. The number of methoxy groups -OCH3 is 1. The Morgan fingerprint density at radius 3 is 2.53 bits per heavy atom. The van der Waals surface area contributed by atoms with E-state index in [0.29, 0.717) is 4.47 Å². The van der Waals surface area contributed by atoms with Crippen LogP contribution in [0.25, 0.3) is 10.8 Å². The van der Waals surface area contributed by atoms with Gasteiger partial charge < -0.3 is 10.1 Å². The molecule has 2 N–H and O–H groups in total. The molecule has 0 heterocycles. The van der Waals surface area contributed by atoms with Crippen LogP contribution in [0, 0.1) is 0 Å². The average Bonchev–Trinajstić information content (AvgIpc) is 2.68. The number of anilines is 1. The number of hydrogen-bond donors (Lipinski definition) is 2. The summed E-state index contributed by atoms with van der Waals surface area (Å²) < 4.78 is 45.7. The zero-order valence-corrected chi connectivity index (χ0v) is 18.4. The van der Waals surface area contributed by atoms with E-state index in [-0.39, 0.29) is 27.1 Å². The predicted octanol–water partition coefficient (Wildman–Crippen LogP) is 6.41. The molecule has 0 saturated carbocycles. The van der Waals surface area contributed by atoms with Gasteiger partial charge >= 0.3 is 6.18 Å². The highest BCUT2D eigenvalue weighted by atomic mass is 79.9. The first-order chi connectivity index (χ1) is 14.1. The third-order valence-electron chi connectivity index (χ3n) is 4.15. The highest BCUT2D eigenvalue weighted by Gasteiger charge is 2.34. The molecule has 0 radical (unpaired) electrons. The summed E-state index contributed by atoms with van der Waals surface area (Å²) in [4.78, 5) is 12.8. The lowest BCUT2D eigenvalue weighted by atomic mass is 10.1. The number of alkyl halides is 3. The lowest BCUT2D eigenvalue weighted by Crippen LogP contribution is -2.35. The highest BCUT2D eigenvalue weighted by Crippen LogP contribution is 2.37. The quantitative estimate of drug-likeness (QED) is 0.394. The number of rotatable bonds is 3. The monoisotopic (exact) mass is 516 g/mol. The molecule has 156 valence electrons. The number of halogens is 5. The fourth-order valence-electron chi connectivity index (χ4n) is 2.84. The summed E-state index contributed by atoms with van der Waals surface area (Å²) in [7, 11) is 1.41. The Hall–Kier alpha value is -2.36. The van der Waals surface area contributed by atoms with Gasteiger partial charge in [0.1, 0.15) is 5.75 Å². The van der Waals surface area contributed by atoms with Crippen molar-refractivity contribution in [2.75, 3.05) is 12.4 Å². The van der Waals surface area contributed by atoms with E-state index >= 15 is 0 Å². The standard InChI is InChI=1S/C20H13BrClF3N2O2S/c1-29-17-13(8-10-4-2-3-5-12(10)16(17)21)18(28)27-19(30)26-15-7-6-11(22)9-14(15)20(23,24)25/h2-9H,1H3,(H2,26,27,28,30). The number of hydrogen-bond acceptors (Lipinski definition) is 3. The third-order valence-corrected chi connectivity index (χ3v) is 5.38. The van der Waals surface area contributed by atoms with Crippen molar-refractivity contribution in [3.05, 3.63) is 69.2 Å². The van der Waals surface area contributed by atoms with Crippen LogP contribution in [0.15, 0.2) is 53.0 Å². The molecule has 0 spiro atoms. The average molecular weight is 518 g/mol. The van der Waals surface area contributed by atoms with Crippen molar-refractivity contribution in [1.29, 1.82) is 0 Å². The first kappa shape index (κ1) is 22.3. The van der Waals surface area contributed by atoms with Crippen molar-refractivity contribution < 1.29 is 22.7 Å². The van der Waals surface area contributed by atoms with Gasteiger partial charge in [0.05, 0.1) is 28.4 Å². The second-order valence-corrected chi connectivity index (χ2v) is 7.73. The summed E-state index contributed by atoms with van der Waals surface area (Å²) in [5, 5.41) is 6.01. The van der Waals surface area contributed by atoms with Gasteiger partial charge in [-0.1, -0.05) is 35.9 Å². The van der Waals surface area contributed by atoms with E-state index in [0.717, 1.165) is 22.9 Å². The van der Waals surface area contributed by atoms with Gasteiger partial charge in [0.15, 0.2) is 5.11 Å². The topological polar surface area (TPSA) is 50.4 Å². The van der Waals surface area contributed by atoms with E-state index in [9.17, 15) is 18.0 Å². The van der Waals surface area contributed by atoms with Crippen molar-refractivity contribution in [2.24, 2.45) is 0 Å². The Kier molecular flexibility index (Phi) is 6.54. The van der Waals surface area contributed by atoms with Gasteiger partial charge in [-0.3, -0.25) is 10.1 Å². The summed E-state index contributed by atoms with van der Waals surface area (Å²) in [6, 6.07) is 12.1. The molecule has 0 bridgehead atoms. The molecule has 10 heteroatoms. The molecule has 0 fully saturated rings. The molecule has 0 atom stereocenters. The Labute approximate surface area is 188 Å². The van der Waals surface area contributed by atoms with Gasteiger partial charge in [0.25, 0.3) is 5.91 Å². The summed E-state index contributed by atoms with van der Waals surface area (Å²) in [6.07, 6.45) is -4.65. The maximum absolute atomic E-state index is 13.2. The normalized spacial score (nSPS) is 11.3. The van der Waals surface area contributed by atoms with Crippen LogP contribution in [0.1, 0.15) is 15.9 Å². The van der Waals surface area contributed by atoms with Crippen LogP contribution in [-0.4, -0.2) is 18.1 Å². The minimum absolute atomic E-state index is 0.0754. The molecular formula is C20H13BrClF3N2O2S. The zero-order chi connectivity index (χ0) is 22.1. The third kappa shape index (κ3) is 4.69. The Balaban J connectivity index is 1.88. The number of benzene rings is 3. The highest BCUT2D eigenvalue weighted by molar-refractivity contribution is 9.10. The summed E-state index contributed by atoms with van der Waals surface area (Å²) in [5.41, 5.74) is -1.17. The van der Waals surface area contributed by atoms with Crippen molar-refractivity contribution in [1.82, 2.24) is 5.32 Å². The van der Waals surface area contributed by atoms with Crippen LogP contribution in [0.5, 0.6) is 5.75 Å². The minimum Gasteiger partial charge on any atom is -0.495 e. The number of carbonyl (C=O) groups excluding carboxylic acids is 1. The van der Waals surface area contributed by atoms with Crippen LogP contribution in [0.4, 0.5) is 18.9 Å². The molecule has 3 rings (SSSR count). The molecule has 0 aromatic heterocycles. The van der Waals surface area contributed by atoms with Crippen molar-refractivity contribution >= 4 is 67.2 Å². The van der Waals surface area contributed by atoms with E-state index in [1.807, 2.05) is 24.3 Å². The molecule has 0 aliphatic carbocycles. The van der Waals surface area contributed by atoms with Gasteiger partial charge in [0, 0.05) is 5.02 Å². The van der Waals surface area contributed by atoms with Gasteiger partial charge in [-0.2, -0.15) is 13.2 Å². The Morgan fingerprint density at radius 2 is 1.87 bits per heavy atom. The Bertz CT molecular complexity index is 1150. The summed E-state index contributed by atoms with van der Waals surface area (Å²) >= 11 is 14.1. The number of carbonyl (C=O) groups is 1. The number of amides is 1. The molecule has 0 unspecified atom stereocenters. The fraction of sp³-hybridized carbons (Fsp3) is 0.100. The summed E-state index contributed by atoms with van der Waals surface area (Å²) in [6.45, 7) is 0. The minimum atomic E-state index is -4.65. The SMILES string of the molecule is COc1c(C(=O)NC(=S)Nc2ccc(Cl)cc2C(F)(F)F)cc2ccccc2c1Br. The lowest BCUT2D eigenvalue weighted by molar-refractivity contribution is -0.136. The largest absolute Gasteiger partial charge is 0.495 e. The molecule has 0 aliphatic rings. The predicted molar refractivity (Wildman–Crippen MR) is 118 cm³/mol. The van der Waals surface area contributed by atoms with Gasteiger partial charge in [-0.05, 0) is 63.2 Å². The van der Waals surface area contributed by atoms with Crippen molar-refractivity contribution in [2.45, 2.75) is 6.18 Å². The molecule has 1 amide bonds. The van der Waals surface area contributed by atoms with Crippen LogP contribution in [0.3, 0.4) is 0 Å². The molecular weight excluding hydrogens is 505 g/mol. The molecule has 3 aromatic carbocycles. The van der Waals surface area contributed by atoms with E-state index in [4.69, 9.17) is 28.6 Å². The smallest absolute Gasteiger partial charge is 0.418 e. The van der Waals surface area contributed by atoms with Gasteiger partial charge in [-0.15, -0.1) is 0 Å². The molecule has 4 nitrogen and oxygen atoms in total. The van der Waals surface area contributed by atoms with Crippen LogP contribution >= 0.6 is 39.7 Å².